The number of amides is 1. The van der Waals surface area contributed by atoms with Crippen molar-refractivity contribution in [2.45, 2.75) is 12.5 Å². The fourth-order valence-corrected chi connectivity index (χ4v) is 4.43. The molecule has 162 valence electrons. The summed E-state index contributed by atoms with van der Waals surface area (Å²) >= 11 is 1.38. The summed E-state index contributed by atoms with van der Waals surface area (Å²) in [5.74, 6) is -0.746. The number of nitrogens with zero attached hydrogens (tertiary/aromatic N) is 2. The molecule has 5 nitrogen and oxygen atoms in total. The van der Waals surface area contributed by atoms with E-state index in [0.29, 0.717) is 36.0 Å². The number of carbonyl (C=O) groups is 1. The van der Waals surface area contributed by atoms with Gasteiger partial charge in [0.2, 0.25) is 5.91 Å². The average Bonchev–Trinajstić information content (AvgIpc) is 3.24. The molecular formula is C23H23F2N3O2S. The first kappa shape index (κ1) is 21.5. The maximum absolute atomic E-state index is 13.4. The summed E-state index contributed by atoms with van der Waals surface area (Å²) in [5, 5.41) is 5.49. The van der Waals surface area contributed by atoms with Crippen LogP contribution < -0.4 is 5.32 Å². The van der Waals surface area contributed by atoms with Gasteiger partial charge >= 0.3 is 0 Å². The molecule has 1 N–H and O–H groups in total. The molecule has 1 aromatic heterocycles. The highest BCUT2D eigenvalue weighted by Gasteiger charge is 2.23. The van der Waals surface area contributed by atoms with Gasteiger partial charge < -0.3 is 10.1 Å². The molecule has 1 fully saturated rings. The fourth-order valence-electron chi connectivity index (χ4n) is 3.61. The van der Waals surface area contributed by atoms with Crippen molar-refractivity contribution in [2.24, 2.45) is 0 Å². The third kappa shape index (κ3) is 5.72. The van der Waals surface area contributed by atoms with Crippen LogP contribution in [0.2, 0.25) is 0 Å². The van der Waals surface area contributed by atoms with Crippen LogP contribution in [0.5, 0.6) is 0 Å². The van der Waals surface area contributed by atoms with Crippen LogP contribution in [-0.4, -0.2) is 48.6 Å². The Labute approximate surface area is 183 Å². The molecule has 2 heterocycles. The summed E-state index contributed by atoms with van der Waals surface area (Å²) in [4.78, 5) is 19.3. The van der Waals surface area contributed by atoms with Crippen LogP contribution in [0.4, 0.5) is 8.78 Å². The number of rotatable bonds is 7. The first-order valence-electron chi connectivity index (χ1n) is 10.1. The third-order valence-electron chi connectivity index (χ3n) is 5.20. The van der Waals surface area contributed by atoms with Gasteiger partial charge in [-0.05, 0) is 29.8 Å². The predicted molar refractivity (Wildman–Crippen MR) is 116 cm³/mol. The minimum Gasteiger partial charge on any atom is -0.379 e. The lowest BCUT2D eigenvalue weighted by Gasteiger charge is -2.35. The first-order valence-corrected chi connectivity index (χ1v) is 11.0. The van der Waals surface area contributed by atoms with Crippen molar-refractivity contribution in [3.8, 4) is 10.6 Å². The van der Waals surface area contributed by atoms with E-state index in [9.17, 15) is 13.6 Å². The van der Waals surface area contributed by atoms with E-state index in [2.05, 4.69) is 15.2 Å². The maximum Gasteiger partial charge on any atom is 0.226 e. The summed E-state index contributed by atoms with van der Waals surface area (Å²) in [5.41, 5.74) is 2.29. The molecule has 0 bridgehead atoms. The highest BCUT2D eigenvalue weighted by atomic mass is 32.1. The minimum atomic E-state index is -0.318. The van der Waals surface area contributed by atoms with Crippen molar-refractivity contribution in [3.63, 3.8) is 0 Å². The molecule has 0 radical (unpaired) electrons. The molecule has 2 aromatic carbocycles. The quantitative estimate of drug-likeness (QED) is 0.603. The van der Waals surface area contributed by atoms with Crippen LogP contribution in [-0.2, 0) is 16.0 Å². The number of benzene rings is 2. The second-order valence-corrected chi connectivity index (χ2v) is 8.21. The summed E-state index contributed by atoms with van der Waals surface area (Å²) in [6.45, 7) is 3.17. The summed E-state index contributed by atoms with van der Waals surface area (Å²) in [7, 11) is 0. The lowest BCUT2D eigenvalue weighted by Crippen LogP contribution is -2.44. The van der Waals surface area contributed by atoms with E-state index in [1.165, 1.54) is 35.6 Å². The Hall–Kier alpha value is -2.68. The molecule has 1 saturated heterocycles. The molecule has 0 aliphatic carbocycles. The van der Waals surface area contributed by atoms with E-state index >= 15 is 0 Å². The minimum absolute atomic E-state index is 0.0632. The van der Waals surface area contributed by atoms with Gasteiger partial charge in [0, 0.05) is 30.6 Å². The molecule has 1 unspecified atom stereocenters. The van der Waals surface area contributed by atoms with Gasteiger partial charge in [-0.1, -0.05) is 24.3 Å². The van der Waals surface area contributed by atoms with Crippen LogP contribution in [0, 0.1) is 11.6 Å². The number of halogens is 2. The molecule has 0 saturated carbocycles. The number of thiazole rings is 1. The first-order chi connectivity index (χ1) is 15.1. The van der Waals surface area contributed by atoms with Gasteiger partial charge in [0.25, 0.3) is 0 Å². The van der Waals surface area contributed by atoms with E-state index in [1.807, 2.05) is 5.38 Å². The van der Waals surface area contributed by atoms with E-state index in [4.69, 9.17) is 4.74 Å². The maximum atomic E-state index is 13.4. The molecule has 8 heteroatoms. The highest BCUT2D eigenvalue weighted by molar-refractivity contribution is 7.13. The van der Waals surface area contributed by atoms with Crippen LogP contribution in [0.3, 0.4) is 0 Å². The zero-order chi connectivity index (χ0) is 21.6. The number of morpholine rings is 1. The second kappa shape index (κ2) is 10.1. The topological polar surface area (TPSA) is 54.5 Å². The molecule has 31 heavy (non-hydrogen) atoms. The number of hydrogen-bond donors (Lipinski definition) is 1. The Morgan fingerprint density at radius 1 is 1.13 bits per heavy atom. The van der Waals surface area contributed by atoms with Gasteiger partial charge in [-0.3, -0.25) is 9.69 Å². The zero-order valence-electron chi connectivity index (χ0n) is 16.9. The number of carbonyl (C=O) groups excluding carboxylic acids is 1. The lowest BCUT2D eigenvalue weighted by molar-refractivity contribution is -0.120. The smallest absolute Gasteiger partial charge is 0.226 e. The molecule has 0 spiro atoms. The SMILES string of the molecule is O=C(Cc1csc(-c2cccc(F)c2)n1)NCC(c1ccc(F)cc1)N1CCOCC1. The Morgan fingerprint density at radius 3 is 2.65 bits per heavy atom. The molecule has 1 aliphatic heterocycles. The van der Waals surface area contributed by atoms with Crippen LogP contribution in [0.15, 0.2) is 53.9 Å². The van der Waals surface area contributed by atoms with Gasteiger partial charge in [0.15, 0.2) is 0 Å². The number of aromatic nitrogens is 1. The van der Waals surface area contributed by atoms with Crippen molar-refractivity contribution >= 4 is 17.2 Å². The Balaban J connectivity index is 1.39. The van der Waals surface area contributed by atoms with Crippen molar-refractivity contribution in [1.82, 2.24) is 15.2 Å². The van der Waals surface area contributed by atoms with Gasteiger partial charge in [0.05, 0.1) is 31.4 Å². The van der Waals surface area contributed by atoms with E-state index in [0.717, 1.165) is 18.7 Å². The zero-order valence-corrected chi connectivity index (χ0v) is 17.7. The normalized spacial score (nSPS) is 15.5. The number of hydrogen-bond acceptors (Lipinski definition) is 5. The molecule has 1 amide bonds. The fraction of sp³-hybridized carbons (Fsp3) is 0.304. The van der Waals surface area contributed by atoms with E-state index in [1.54, 1.807) is 24.3 Å². The van der Waals surface area contributed by atoms with Crippen molar-refractivity contribution < 1.29 is 18.3 Å². The molecule has 4 rings (SSSR count). The Kier molecular flexibility index (Phi) is 7.01. The molecule has 1 atom stereocenters. The van der Waals surface area contributed by atoms with Crippen LogP contribution in [0.25, 0.3) is 10.6 Å². The Bertz CT molecular complexity index is 1020. The van der Waals surface area contributed by atoms with Gasteiger partial charge in [0.1, 0.15) is 16.6 Å². The second-order valence-electron chi connectivity index (χ2n) is 7.35. The molecule has 1 aliphatic rings. The third-order valence-corrected chi connectivity index (χ3v) is 6.14. The van der Waals surface area contributed by atoms with Gasteiger partial charge in [-0.25, -0.2) is 13.8 Å². The molecular weight excluding hydrogens is 420 g/mol. The summed E-state index contributed by atoms with van der Waals surface area (Å²) < 4.78 is 32.2. The summed E-state index contributed by atoms with van der Waals surface area (Å²) in [6.07, 6.45) is 0.144. The van der Waals surface area contributed by atoms with Gasteiger partial charge in [-0.15, -0.1) is 11.3 Å². The van der Waals surface area contributed by atoms with Crippen molar-refractivity contribution in [3.05, 3.63) is 76.8 Å². The Morgan fingerprint density at radius 2 is 1.90 bits per heavy atom. The molecule has 3 aromatic rings. The van der Waals surface area contributed by atoms with E-state index in [-0.39, 0.29) is 30.0 Å². The summed E-state index contributed by atoms with van der Waals surface area (Å²) in [6, 6.07) is 12.6. The number of nitrogens with one attached hydrogen (secondary N) is 1. The average molecular weight is 444 g/mol. The van der Waals surface area contributed by atoms with Crippen molar-refractivity contribution in [2.75, 3.05) is 32.8 Å². The lowest BCUT2D eigenvalue weighted by atomic mass is 10.0. The standard InChI is InChI=1S/C23H23F2N3O2S/c24-18-6-4-16(5-7-18)21(28-8-10-30-11-9-28)14-26-22(29)13-20-15-31-23(27-20)17-2-1-3-19(25)12-17/h1-7,12,15,21H,8-11,13-14H2,(H,26,29). The van der Waals surface area contributed by atoms with Crippen molar-refractivity contribution in [1.29, 1.82) is 0 Å². The predicted octanol–water partition coefficient (Wildman–Crippen LogP) is 3.82. The van der Waals surface area contributed by atoms with Crippen LogP contribution >= 0.6 is 11.3 Å². The largest absolute Gasteiger partial charge is 0.379 e. The monoisotopic (exact) mass is 443 g/mol. The van der Waals surface area contributed by atoms with Gasteiger partial charge in [-0.2, -0.15) is 0 Å². The van der Waals surface area contributed by atoms with E-state index < -0.39 is 0 Å². The number of ether oxygens (including phenoxy) is 1. The van der Waals surface area contributed by atoms with Crippen LogP contribution in [0.1, 0.15) is 17.3 Å². The highest BCUT2D eigenvalue weighted by Crippen LogP contribution is 2.25.